The second-order valence-electron chi connectivity index (χ2n) is 7.01. The fourth-order valence-corrected chi connectivity index (χ4v) is 4.15. The van der Waals surface area contributed by atoms with Crippen LogP contribution in [-0.4, -0.2) is 43.9 Å². The van der Waals surface area contributed by atoms with Crippen LogP contribution < -0.4 is 9.80 Å². The molecule has 0 aliphatic rings. The van der Waals surface area contributed by atoms with E-state index in [1.165, 1.54) is 23.2 Å². The summed E-state index contributed by atoms with van der Waals surface area (Å²) in [6.45, 7) is 3.04. The number of quaternary nitrogens is 1. The molecule has 1 N–H and O–H groups in total. The maximum atomic E-state index is 13.2. The topological polar surface area (TPSA) is 54.7 Å². The number of hydrogen-bond acceptors (Lipinski definition) is 4. The van der Waals surface area contributed by atoms with Crippen molar-refractivity contribution in [2.45, 2.75) is 13.3 Å². The molecule has 0 bridgehead atoms. The van der Waals surface area contributed by atoms with Crippen molar-refractivity contribution in [3.05, 3.63) is 58.6 Å². The minimum atomic E-state index is -0.117. The normalized spacial score (nSPS) is 11.2. The van der Waals surface area contributed by atoms with Crippen molar-refractivity contribution in [2.75, 3.05) is 32.1 Å². The van der Waals surface area contributed by atoms with Crippen LogP contribution in [0.15, 0.2) is 42.5 Å². The largest absolute Gasteiger partial charge is 0.340 e. The first-order valence-electron chi connectivity index (χ1n) is 9.13. The van der Waals surface area contributed by atoms with E-state index < -0.39 is 0 Å². The standard InChI is InChI=1S/C21H22ClN3O2S/c1-14(26)15-5-7-16(8-6-15)20(27)25(12-4-11-24(2)3)21-23-18-10-9-17(22)13-19(18)28-21/h5-10,13H,4,11-12H2,1-3H3/p+1. The predicted molar refractivity (Wildman–Crippen MR) is 115 cm³/mol. The van der Waals surface area contributed by atoms with Crippen LogP contribution in [-0.2, 0) is 0 Å². The van der Waals surface area contributed by atoms with Crippen LogP contribution in [0.25, 0.3) is 10.2 Å². The van der Waals surface area contributed by atoms with Crippen LogP contribution in [0.3, 0.4) is 0 Å². The third kappa shape index (κ3) is 4.76. The van der Waals surface area contributed by atoms with Crippen LogP contribution in [0.4, 0.5) is 5.13 Å². The average Bonchev–Trinajstić information content (AvgIpc) is 3.07. The van der Waals surface area contributed by atoms with E-state index in [1.54, 1.807) is 35.2 Å². The Balaban J connectivity index is 1.92. The number of fused-ring (bicyclic) bond motifs is 1. The number of rotatable bonds is 7. The predicted octanol–water partition coefficient (Wildman–Crippen LogP) is 3.33. The number of Topliss-reactive ketones (excluding diaryl/α,β-unsaturated/α-hetero) is 1. The molecule has 5 nitrogen and oxygen atoms in total. The zero-order valence-corrected chi connectivity index (χ0v) is 17.7. The molecule has 1 heterocycles. The quantitative estimate of drug-likeness (QED) is 0.601. The summed E-state index contributed by atoms with van der Waals surface area (Å²) < 4.78 is 0.950. The van der Waals surface area contributed by atoms with Crippen LogP contribution in [0.1, 0.15) is 34.1 Å². The van der Waals surface area contributed by atoms with E-state index in [9.17, 15) is 9.59 Å². The summed E-state index contributed by atoms with van der Waals surface area (Å²) in [5, 5.41) is 1.31. The number of hydrogen-bond donors (Lipinski definition) is 1. The fourth-order valence-electron chi connectivity index (χ4n) is 2.88. The molecule has 3 rings (SSSR count). The van der Waals surface area contributed by atoms with Gasteiger partial charge in [0, 0.05) is 29.1 Å². The van der Waals surface area contributed by atoms with Crippen molar-refractivity contribution in [2.24, 2.45) is 0 Å². The Morgan fingerprint density at radius 3 is 2.43 bits per heavy atom. The third-order valence-electron chi connectivity index (χ3n) is 4.41. The molecule has 2 aromatic carbocycles. The molecule has 0 unspecified atom stereocenters. The van der Waals surface area contributed by atoms with Gasteiger partial charge in [0.25, 0.3) is 5.91 Å². The summed E-state index contributed by atoms with van der Waals surface area (Å²) in [6, 6.07) is 12.3. The van der Waals surface area contributed by atoms with Gasteiger partial charge in [-0.1, -0.05) is 35.1 Å². The minimum absolute atomic E-state index is 0.0205. The van der Waals surface area contributed by atoms with E-state index in [2.05, 4.69) is 19.1 Å². The number of ketones is 1. The first-order chi connectivity index (χ1) is 13.3. The molecular weight excluding hydrogens is 394 g/mol. The second kappa shape index (κ2) is 8.82. The molecule has 1 amide bonds. The summed E-state index contributed by atoms with van der Waals surface area (Å²) >= 11 is 7.55. The smallest absolute Gasteiger partial charge is 0.260 e. The summed E-state index contributed by atoms with van der Waals surface area (Å²) in [6.07, 6.45) is 0.857. The number of amides is 1. The molecule has 0 radical (unpaired) electrons. The zero-order valence-electron chi connectivity index (χ0n) is 16.2. The van der Waals surface area contributed by atoms with E-state index in [4.69, 9.17) is 11.6 Å². The van der Waals surface area contributed by atoms with Crippen molar-refractivity contribution in [3.8, 4) is 0 Å². The lowest BCUT2D eigenvalue weighted by Gasteiger charge is -2.20. The molecule has 0 saturated heterocycles. The molecule has 3 aromatic rings. The number of carbonyl (C=O) groups excluding carboxylic acids is 2. The summed E-state index contributed by atoms with van der Waals surface area (Å²) in [5.41, 5.74) is 1.96. The van der Waals surface area contributed by atoms with Crippen molar-refractivity contribution >= 4 is 50.0 Å². The average molecular weight is 417 g/mol. The Morgan fingerprint density at radius 1 is 1.11 bits per heavy atom. The molecule has 0 fully saturated rings. The molecule has 146 valence electrons. The number of carbonyl (C=O) groups is 2. The van der Waals surface area contributed by atoms with E-state index in [1.807, 2.05) is 12.1 Å². The Bertz CT molecular complexity index is 999. The Kier molecular flexibility index (Phi) is 6.44. The molecule has 28 heavy (non-hydrogen) atoms. The Labute approximate surface area is 173 Å². The summed E-state index contributed by atoms with van der Waals surface area (Å²) in [5.74, 6) is -0.137. The van der Waals surface area contributed by atoms with Crippen LogP contribution in [0.5, 0.6) is 0 Å². The van der Waals surface area contributed by atoms with Gasteiger partial charge >= 0.3 is 0 Å². The van der Waals surface area contributed by atoms with Crippen molar-refractivity contribution in [1.29, 1.82) is 0 Å². The lowest BCUT2D eigenvalue weighted by molar-refractivity contribution is -0.858. The number of anilines is 1. The van der Waals surface area contributed by atoms with Gasteiger partial charge in [0.05, 0.1) is 30.9 Å². The monoisotopic (exact) mass is 416 g/mol. The summed E-state index contributed by atoms with van der Waals surface area (Å²) in [7, 11) is 4.18. The number of thiazole rings is 1. The van der Waals surface area contributed by atoms with E-state index >= 15 is 0 Å². The first kappa shape index (κ1) is 20.5. The minimum Gasteiger partial charge on any atom is -0.340 e. The molecule has 0 saturated carbocycles. The number of aromatic nitrogens is 1. The van der Waals surface area contributed by atoms with Crippen LogP contribution >= 0.6 is 22.9 Å². The lowest BCUT2D eigenvalue weighted by atomic mass is 10.1. The first-order valence-corrected chi connectivity index (χ1v) is 10.3. The van der Waals surface area contributed by atoms with Gasteiger partial charge in [0.15, 0.2) is 10.9 Å². The summed E-state index contributed by atoms with van der Waals surface area (Å²) in [4.78, 5) is 32.4. The molecule has 7 heteroatoms. The lowest BCUT2D eigenvalue weighted by Crippen LogP contribution is -3.05. The van der Waals surface area contributed by atoms with Crippen molar-refractivity contribution < 1.29 is 14.5 Å². The highest BCUT2D eigenvalue weighted by Crippen LogP contribution is 2.31. The highest BCUT2D eigenvalue weighted by molar-refractivity contribution is 7.22. The van der Waals surface area contributed by atoms with E-state index in [0.717, 1.165) is 23.2 Å². The Hall–Kier alpha value is -2.28. The van der Waals surface area contributed by atoms with E-state index in [0.29, 0.717) is 27.8 Å². The highest BCUT2D eigenvalue weighted by Gasteiger charge is 2.21. The molecule has 0 atom stereocenters. The SMILES string of the molecule is CC(=O)c1ccc(C(=O)N(CCC[NH+](C)C)c2nc3ccc(Cl)cc3s2)cc1. The number of halogens is 1. The number of nitrogens with zero attached hydrogens (tertiary/aromatic N) is 2. The molecule has 0 aliphatic heterocycles. The molecule has 0 spiro atoms. The van der Waals surface area contributed by atoms with Crippen molar-refractivity contribution in [3.63, 3.8) is 0 Å². The fraction of sp³-hybridized carbons (Fsp3) is 0.286. The van der Waals surface area contributed by atoms with Crippen LogP contribution in [0.2, 0.25) is 5.02 Å². The van der Waals surface area contributed by atoms with Gasteiger partial charge in [-0.15, -0.1) is 0 Å². The van der Waals surface area contributed by atoms with Gasteiger partial charge < -0.3 is 4.90 Å². The highest BCUT2D eigenvalue weighted by atomic mass is 35.5. The van der Waals surface area contributed by atoms with Gasteiger partial charge in [-0.05, 0) is 37.3 Å². The van der Waals surface area contributed by atoms with Crippen LogP contribution in [0, 0.1) is 0 Å². The zero-order chi connectivity index (χ0) is 20.3. The van der Waals surface area contributed by atoms with Gasteiger partial charge in [-0.25, -0.2) is 4.98 Å². The Morgan fingerprint density at radius 2 is 1.79 bits per heavy atom. The van der Waals surface area contributed by atoms with Gasteiger partial charge in [0.1, 0.15) is 0 Å². The molecular formula is C21H23ClN3O2S+. The molecule has 1 aromatic heterocycles. The maximum Gasteiger partial charge on any atom is 0.260 e. The second-order valence-corrected chi connectivity index (χ2v) is 8.46. The number of benzene rings is 2. The van der Waals surface area contributed by atoms with E-state index in [-0.39, 0.29) is 11.7 Å². The third-order valence-corrected chi connectivity index (χ3v) is 5.69. The van der Waals surface area contributed by atoms with Gasteiger partial charge in [0.2, 0.25) is 0 Å². The van der Waals surface area contributed by atoms with Crippen molar-refractivity contribution in [1.82, 2.24) is 4.98 Å². The van der Waals surface area contributed by atoms with Gasteiger partial charge in [-0.2, -0.15) is 0 Å². The number of nitrogens with one attached hydrogen (secondary N) is 1. The molecule has 0 aliphatic carbocycles. The maximum absolute atomic E-state index is 13.2. The van der Waals surface area contributed by atoms with Gasteiger partial charge in [-0.3, -0.25) is 14.5 Å².